The summed E-state index contributed by atoms with van der Waals surface area (Å²) in [6.45, 7) is 6.54. The molecule has 0 spiro atoms. The SMILES string of the molecule is CC1(C)CC(C)(c2ccc(B(O)O)cc2)c2cc(B(O)O)ccc21. The summed E-state index contributed by atoms with van der Waals surface area (Å²) >= 11 is 0. The smallest absolute Gasteiger partial charge is 0.423 e. The van der Waals surface area contributed by atoms with Crippen molar-refractivity contribution in [3.8, 4) is 0 Å². The molecule has 6 heteroatoms. The lowest BCUT2D eigenvalue weighted by Gasteiger charge is -2.29. The third-order valence-electron chi connectivity index (χ3n) is 5.31. The number of rotatable bonds is 3. The number of benzene rings is 2. The van der Waals surface area contributed by atoms with Crippen LogP contribution < -0.4 is 10.9 Å². The van der Waals surface area contributed by atoms with E-state index in [9.17, 15) is 20.1 Å². The molecule has 0 heterocycles. The van der Waals surface area contributed by atoms with Crippen LogP contribution in [0.25, 0.3) is 0 Å². The highest BCUT2D eigenvalue weighted by Crippen LogP contribution is 2.52. The second kappa shape index (κ2) is 5.74. The second-order valence-corrected chi connectivity index (χ2v) is 7.57. The third kappa shape index (κ3) is 2.70. The molecule has 0 saturated heterocycles. The Balaban J connectivity index is 2.13. The van der Waals surface area contributed by atoms with E-state index in [1.807, 2.05) is 24.3 Å². The molecule has 0 aromatic heterocycles. The summed E-state index contributed by atoms with van der Waals surface area (Å²) in [6.07, 6.45) is 0.890. The minimum Gasteiger partial charge on any atom is -0.423 e. The van der Waals surface area contributed by atoms with Gasteiger partial charge in [0.15, 0.2) is 0 Å². The van der Waals surface area contributed by atoms with Crippen molar-refractivity contribution in [1.82, 2.24) is 0 Å². The maximum absolute atomic E-state index is 9.52. The van der Waals surface area contributed by atoms with Crippen molar-refractivity contribution in [3.63, 3.8) is 0 Å². The van der Waals surface area contributed by atoms with Gasteiger partial charge in [0.05, 0.1) is 0 Å². The van der Waals surface area contributed by atoms with Crippen LogP contribution in [0.2, 0.25) is 0 Å². The molecular weight excluding hydrogens is 302 g/mol. The molecule has 1 atom stereocenters. The van der Waals surface area contributed by atoms with E-state index >= 15 is 0 Å². The van der Waals surface area contributed by atoms with Crippen LogP contribution in [0, 0.1) is 0 Å². The molecule has 1 aliphatic carbocycles. The van der Waals surface area contributed by atoms with Gasteiger partial charge in [-0.1, -0.05) is 63.2 Å². The van der Waals surface area contributed by atoms with Crippen LogP contribution in [0.4, 0.5) is 0 Å². The van der Waals surface area contributed by atoms with Gasteiger partial charge >= 0.3 is 14.2 Å². The Morgan fingerprint density at radius 3 is 1.83 bits per heavy atom. The Hall–Kier alpha value is -1.59. The maximum atomic E-state index is 9.52. The molecule has 1 unspecified atom stereocenters. The van der Waals surface area contributed by atoms with Gasteiger partial charge in [0, 0.05) is 5.41 Å². The lowest BCUT2D eigenvalue weighted by Crippen LogP contribution is -2.32. The third-order valence-corrected chi connectivity index (χ3v) is 5.31. The number of fused-ring (bicyclic) bond motifs is 1. The van der Waals surface area contributed by atoms with Gasteiger partial charge in [-0.15, -0.1) is 0 Å². The Labute approximate surface area is 143 Å². The molecule has 0 saturated carbocycles. The monoisotopic (exact) mass is 324 g/mol. The van der Waals surface area contributed by atoms with E-state index in [4.69, 9.17) is 0 Å². The van der Waals surface area contributed by atoms with E-state index in [2.05, 4.69) is 20.8 Å². The van der Waals surface area contributed by atoms with Gasteiger partial charge in [-0.3, -0.25) is 0 Å². The molecule has 124 valence electrons. The summed E-state index contributed by atoms with van der Waals surface area (Å²) in [7, 11) is -2.97. The zero-order valence-corrected chi connectivity index (χ0v) is 14.2. The van der Waals surface area contributed by atoms with Crippen molar-refractivity contribution in [2.75, 3.05) is 0 Å². The molecule has 1 aliphatic rings. The van der Waals surface area contributed by atoms with E-state index in [1.54, 1.807) is 18.2 Å². The largest absolute Gasteiger partial charge is 0.488 e. The fraction of sp³-hybridized carbons (Fsp3) is 0.333. The molecule has 0 radical (unpaired) electrons. The lowest BCUT2D eigenvalue weighted by molar-refractivity contribution is 0.422. The van der Waals surface area contributed by atoms with Crippen LogP contribution in [0.5, 0.6) is 0 Å². The van der Waals surface area contributed by atoms with Crippen molar-refractivity contribution in [2.24, 2.45) is 0 Å². The van der Waals surface area contributed by atoms with Crippen LogP contribution in [0.15, 0.2) is 42.5 Å². The fourth-order valence-corrected chi connectivity index (χ4v) is 4.12. The minimum absolute atomic E-state index is 0.0296. The highest BCUT2D eigenvalue weighted by molar-refractivity contribution is 6.59. The topological polar surface area (TPSA) is 80.9 Å². The van der Waals surface area contributed by atoms with E-state index < -0.39 is 14.2 Å². The molecular formula is C18H22B2O4. The predicted molar refractivity (Wildman–Crippen MR) is 96.6 cm³/mol. The van der Waals surface area contributed by atoms with E-state index in [-0.39, 0.29) is 10.8 Å². The Morgan fingerprint density at radius 2 is 1.29 bits per heavy atom. The van der Waals surface area contributed by atoms with Crippen LogP contribution in [-0.2, 0) is 10.8 Å². The summed E-state index contributed by atoms with van der Waals surface area (Å²) < 4.78 is 0. The predicted octanol–water partition coefficient (Wildman–Crippen LogP) is 0.0335. The minimum atomic E-state index is -1.49. The first-order chi connectivity index (χ1) is 11.1. The van der Waals surface area contributed by atoms with Crippen molar-refractivity contribution in [3.05, 3.63) is 59.2 Å². The van der Waals surface area contributed by atoms with E-state index in [1.165, 1.54) is 5.56 Å². The molecule has 0 amide bonds. The van der Waals surface area contributed by atoms with Crippen LogP contribution in [-0.4, -0.2) is 34.3 Å². The molecule has 24 heavy (non-hydrogen) atoms. The maximum Gasteiger partial charge on any atom is 0.488 e. The van der Waals surface area contributed by atoms with Crippen LogP contribution in [0.3, 0.4) is 0 Å². The van der Waals surface area contributed by atoms with Gasteiger partial charge in [-0.25, -0.2) is 0 Å². The zero-order valence-electron chi connectivity index (χ0n) is 14.2. The highest BCUT2D eigenvalue weighted by Gasteiger charge is 2.46. The first-order valence-corrected chi connectivity index (χ1v) is 8.13. The normalized spacial score (nSPS) is 21.5. The molecule has 2 aromatic carbocycles. The van der Waals surface area contributed by atoms with Gasteiger partial charge in [-0.2, -0.15) is 0 Å². The lowest BCUT2D eigenvalue weighted by atomic mass is 9.71. The summed E-state index contributed by atoms with van der Waals surface area (Å²) in [5.41, 5.74) is 4.01. The molecule has 0 fully saturated rings. The number of hydrogen-bond acceptors (Lipinski definition) is 4. The Kier molecular flexibility index (Phi) is 4.12. The molecule has 0 bridgehead atoms. The average molecular weight is 324 g/mol. The summed E-state index contributed by atoms with van der Waals surface area (Å²) in [6, 6.07) is 12.9. The van der Waals surface area contributed by atoms with Gasteiger partial charge in [0.1, 0.15) is 0 Å². The van der Waals surface area contributed by atoms with Crippen molar-refractivity contribution in [1.29, 1.82) is 0 Å². The van der Waals surface area contributed by atoms with Gasteiger partial charge in [0.2, 0.25) is 0 Å². The van der Waals surface area contributed by atoms with Gasteiger partial charge < -0.3 is 20.1 Å². The first-order valence-electron chi connectivity index (χ1n) is 8.13. The van der Waals surface area contributed by atoms with Gasteiger partial charge in [-0.05, 0) is 39.5 Å². The van der Waals surface area contributed by atoms with E-state index in [0.29, 0.717) is 10.9 Å². The Morgan fingerprint density at radius 1 is 0.750 bits per heavy atom. The van der Waals surface area contributed by atoms with Gasteiger partial charge in [0.25, 0.3) is 0 Å². The quantitative estimate of drug-likeness (QED) is 0.601. The highest BCUT2D eigenvalue weighted by atomic mass is 16.4. The number of hydrogen-bond donors (Lipinski definition) is 4. The van der Waals surface area contributed by atoms with Crippen LogP contribution in [0.1, 0.15) is 43.9 Å². The average Bonchev–Trinajstić information content (AvgIpc) is 2.74. The van der Waals surface area contributed by atoms with Crippen molar-refractivity contribution < 1.29 is 20.1 Å². The molecule has 4 nitrogen and oxygen atoms in total. The zero-order chi connectivity index (χ0) is 17.7. The first kappa shape index (κ1) is 17.2. The van der Waals surface area contributed by atoms with Crippen molar-refractivity contribution >= 4 is 25.2 Å². The second-order valence-electron chi connectivity index (χ2n) is 7.57. The fourth-order valence-electron chi connectivity index (χ4n) is 4.12. The Bertz CT molecular complexity index is 756. The van der Waals surface area contributed by atoms with Crippen LogP contribution >= 0.6 is 0 Å². The summed E-state index contributed by atoms with van der Waals surface area (Å²) in [4.78, 5) is 0. The molecule has 3 rings (SSSR count). The molecule has 2 aromatic rings. The summed E-state index contributed by atoms with van der Waals surface area (Å²) in [5, 5.41) is 37.6. The standard InChI is InChI=1S/C18H22B2O4/c1-17(2)11-18(3,12-4-6-13(7-5-12)19(21)22)16-10-14(20(23)24)8-9-15(16)17/h4-10,21-24H,11H2,1-3H3. The molecule has 4 N–H and O–H groups in total. The summed E-state index contributed by atoms with van der Waals surface area (Å²) in [5.74, 6) is 0. The molecule has 0 aliphatic heterocycles. The van der Waals surface area contributed by atoms with E-state index in [0.717, 1.165) is 17.5 Å². The van der Waals surface area contributed by atoms with Crippen molar-refractivity contribution in [2.45, 2.75) is 38.0 Å².